The summed E-state index contributed by atoms with van der Waals surface area (Å²) in [5.74, 6) is 0.525. The third-order valence-corrected chi connectivity index (χ3v) is 3.54. The Morgan fingerprint density at radius 2 is 1.96 bits per heavy atom. The SMILES string of the molecule is CN(C(=O)c1ccc(Oc2ccccc2C#N)nc1)c1cccnc1. The van der Waals surface area contributed by atoms with Gasteiger partial charge in [-0.2, -0.15) is 5.26 Å². The number of anilines is 1. The van der Waals surface area contributed by atoms with Crippen LogP contribution in [-0.4, -0.2) is 22.9 Å². The van der Waals surface area contributed by atoms with Gasteiger partial charge >= 0.3 is 0 Å². The maximum atomic E-state index is 12.5. The lowest BCUT2D eigenvalue weighted by atomic mass is 10.2. The van der Waals surface area contributed by atoms with Crippen molar-refractivity contribution in [2.75, 3.05) is 11.9 Å². The summed E-state index contributed by atoms with van der Waals surface area (Å²) in [5.41, 5.74) is 1.53. The van der Waals surface area contributed by atoms with E-state index in [0.717, 1.165) is 0 Å². The Bertz CT molecular complexity index is 918. The molecular weight excluding hydrogens is 316 g/mol. The van der Waals surface area contributed by atoms with Crippen molar-refractivity contribution in [2.24, 2.45) is 0 Å². The topological polar surface area (TPSA) is 79.1 Å². The first-order chi connectivity index (χ1) is 12.2. The number of ether oxygens (including phenoxy) is 1. The van der Waals surface area contributed by atoms with Gasteiger partial charge in [-0.1, -0.05) is 12.1 Å². The fourth-order valence-corrected chi connectivity index (χ4v) is 2.19. The summed E-state index contributed by atoms with van der Waals surface area (Å²) >= 11 is 0. The molecule has 2 aromatic heterocycles. The number of carbonyl (C=O) groups excluding carboxylic acids is 1. The van der Waals surface area contributed by atoms with E-state index >= 15 is 0 Å². The normalized spacial score (nSPS) is 9.92. The second-order valence-electron chi connectivity index (χ2n) is 5.17. The van der Waals surface area contributed by atoms with Gasteiger partial charge in [-0.15, -0.1) is 0 Å². The number of aromatic nitrogens is 2. The molecule has 1 aromatic carbocycles. The molecule has 6 nitrogen and oxygen atoms in total. The van der Waals surface area contributed by atoms with Gasteiger partial charge in [0, 0.05) is 25.5 Å². The molecule has 0 aliphatic heterocycles. The lowest BCUT2D eigenvalue weighted by Crippen LogP contribution is -2.26. The largest absolute Gasteiger partial charge is 0.438 e. The number of benzene rings is 1. The number of para-hydroxylation sites is 1. The lowest BCUT2D eigenvalue weighted by Gasteiger charge is -2.16. The second kappa shape index (κ2) is 7.23. The first-order valence-electron chi connectivity index (χ1n) is 7.50. The molecule has 0 radical (unpaired) electrons. The van der Waals surface area contributed by atoms with Gasteiger partial charge in [-0.3, -0.25) is 9.78 Å². The number of hydrogen-bond donors (Lipinski definition) is 0. The first-order valence-corrected chi connectivity index (χ1v) is 7.50. The van der Waals surface area contributed by atoms with Gasteiger partial charge in [0.25, 0.3) is 5.91 Å². The van der Waals surface area contributed by atoms with E-state index in [1.54, 1.807) is 68.0 Å². The van der Waals surface area contributed by atoms with Crippen LogP contribution in [0.2, 0.25) is 0 Å². The number of carbonyl (C=O) groups is 1. The summed E-state index contributed by atoms with van der Waals surface area (Å²) in [6.07, 6.45) is 4.70. The summed E-state index contributed by atoms with van der Waals surface area (Å²) in [4.78, 5) is 22.1. The number of nitrogens with zero attached hydrogens (tertiary/aromatic N) is 4. The van der Waals surface area contributed by atoms with Crippen LogP contribution >= 0.6 is 0 Å². The maximum absolute atomic E-state index is 12.5. The maximum Gasteiger partial charge on any atom is 0.259 e. The van der Waals surface area contributed by atoms with E-state index in [-0.39, 0.29) is 5.91 Å². The third kappa shape index (κ3) is 3.62. The summed E-state index contributed by atoms with van der Waals surface area (Å²) in [6.45, 7) is 0. The molecule has 3 rings (SSSR count). The number of hydrogen-bond acceptors (Lipinski definition) is 5. The Labute approximate surface area is 145 Å². The predicted octanol–water partition coefficient (Wildman–Crippen LogP) is 3.42. The zero-order valence-corrected chi connectivity index (χ0v) is 13.5. The van der Waals surface area contributed by atoms with Gasteiger partial charge < -0.3 is 9.64 Å². The number of nitriles is 1. The molecule has 2 heterocycles. The standard InChI is InChI=1S/C19H14N4O2/c1-23(16-6-4-10-21-13-16)19(24)15-8-9-18(22-12-15)25-17-7-3-2-5-14(17)11-20/h2-10,12-13H,1H3. The summed E-state index contributed by atoms with van der Waals surface area (Å²) < 4.78 is 5.61. The molecule has 6 heteroatoms. The van der Waals surface area contributed by atoms with E-state index in [1.807, 2.05) is 0 Å². The molecule has 1 amide bonds. The van der Waals surface area contributed by atoms with Crippen molar-refractivity contribution >= 4 is 11.6 Å². The molecule has 3 aromatic rings. The van der Waals surface area contributed by atoms with Crippen molar-refractivity contribution in [1.82, 2.24) is 9.97 Å². The molecule has 0 spiro atoms. The Balaban J connectivity index is 1.76. The van der Waals surface area contributed by atoms with Crippen molar-refractivity contribution in [3.8, 4) is 17.7 Å². The molecule has 0 bridgehead atoms. The zero-order chi connectivity index (χ0) is 17.6. The summed E-state index contributed by atoms with van der Waals surface area (Å²) in [5, 5.41) is 9.08. The van der Waals surface area contributed by atoms with Crippen LogP contribution in [0, 0.1) is 11.3 Å². The molecule has 0 atom stereocenters. The molecule has 0 aliphatic carbocycles. The van der Waals surface area contributed by atoms with Gasteiger partial charge in [-0.05, 0) is 30.3 Å². The Hall–Kier alpha value is -3.72. The molecule has 0 N–H and O–H groups in total. The molecule has 0 aliphatic rings. The van der Waals surface area contributed by atoms with Crippen molar-refractivity contribution in [3.63, 3.8) is 0 Å². The minimum Gasteiger partial charge on any atom is -0.438 e. The van der Waals surface area contributed by atoms with Crippen LogP contribution in [0.1, 0.15) is 15.9 Å². The van der Waals surface area contributed by atoms with Crippen LogP contribution < -0.4 is 9.64 Å². The molecule has 0 saturated heterocycles. The third-order valence-electron chi connectivity index (χ3n) is 3.54. The fraction of sp³-hybridized carbons (Fsp3) is 0.0526. The number of amides is 1. The van der Waals surface area contributed by atoms with Crippen LogP contribution in [0.25, 0.3) is 0 Å². The smallest absolute Gasteiger partial charge is 0.259 e. The second-order valence-corrected chi connectivity index (χ2v) is 5.17. The van der Waals surface area contributed by atoms with E-state index in [9.17, 15) is 4.79 Å². The van der Waals surface area contributed by atoms with Crippen LogP contribution in [0.4, 0.5) is 5.69 Å². The minimum atomic E-state index is -0.204. The van der Waals surface area contributed by atoms with Crippen molar-refractivity contribution in [1.29, 1.82) is 5.26 Å². The summed E-state index contributed by atoms with van der Waals surface area (Å²) in [6, 6.07) is 15.7. The van der Waals surface area contributed by atoms with Crippen molar-refractivity contribution < 1.29 is 9.53 Å². The highest BCUT2D eigenvalue weighted by Gasteiger charge is 2.14. The molecule has 0 unspecified atom stereocenters. The Morgan fingerprint density at radius 1 is 1.12 bits per heavy atom. The molecule has 122 valence electrons. The molecular formula is C19H14N4O2. The highest BCUT2D eigenvalue weighted by atomic mass is 16.5. The van der Waals surface area contributed by atoms with E-state index in [2.05, 4.69) is 16.0 Å². The quantitative estimate of drug-likeness (QED) is 0.732. The van der Waals surface area contributed by atoms with Gasteiger partial charge in [0.05, 0.1) is 23.0 Å². The van der Waals surface area contributed by atoms with E-state index in [0.29, 0.717) is 28.4 Å². The van der Waals surface area contributed by atoms with Gasteiger partial charge in [0.2, 0.25) is 5.88 Å². The minimum absolute atomic E-state index is 0.204. The first kappa shape index (κ1) is 16.1. The van der Waals surface area contributed by atoms with Gasteiger partial charge in [-0.25, -0.2) is 4.98 Å². The highest BCUT2D eigenvalue weighted by molar-refractivity contribution is 6.05. The van der Waals surface area contributed by atoms with Gasteiger partial charge in [0.1, 0.15) is 11.8 Å². The van der Waals surface area contributed by atoms with Gasteiger partial charge in [0.15, 0.2) is 0 Å². The molecule has 0 saturated carbocycles. The number of rotatable bonds is 4. The monoisotopic (exact) mass is 330 g/mol. The fourth-order valence-electron chi connectivity index (χ4n) is 2.19. The van der Waals surface area contributed by atoms with E-state index in [1.165, 1.54) is 11.1 Å². The Morgan fingerprint density at radius 3 is 2.64 bits per heavy atom. The Kier molecular flexibility index (Phi) is 4.67. The van der Waals surface area contributed by atoms with Crippen LogP contribution in [0.15, 0.2) is 67.1 Å². The van der Waals surface area contributed by atoms with Crippen molar-refractivity contribution in [3.05, 3.63) is 78.2 Å². The van der Waals surface area contributed by atoms with Crippen LogP contribution in [0.5, 0.6) is 11.6 Å². The molecule has 0 fully saturated rings. The van der Waals surface area contributed by atoms with E-state index in [4.69, 9.17) is 10.00 Å². The highest BCUT2D eigenvalue weighted by Crippen LogP contribution is 2.23. The summed E-state index contributed by atoms with van der Waals surface area (Å²) in [7, 11) is 1.67. The average molecular weight is 330 g/mol. The lowest BCUT2D eigenvalue weighted by molar-refractivity contribution is 0.0992. The number of pyridine rings is 2. The molecule has 25 heavy (non-hydrogen) atoms. The van der Waals surface area contributed by atoms with E-state index < -0.39 is 0 Å². The predicted molar refractivity (Wildman–Crippen MR) is 92.4 cm³/mol. The average Bonchev–Trinajstić information content (AvgIpc) is 2.68. The van der Waals surface area contributed by atoms with Crippen LogP contribution in [0.3, 0.4) is 0 Å². The van der Waals surface area contributed by atoms with Crippen molar-refractivity contribution in [2.45, 2.75) is 0 Å². The van der Waals surface area contributed by atoms with Crippen LogP contribution in [-0.2, 0) is 0 Å². The zero-order valence-electron chi connectivity index (χ0n) is 13.5.